The monoisotopic (exact) mass is 321 g/mol. The van der Waals surface area contributed by atoms with Crippen LogP contribution in [0.4, 0.5) is 10.2 Å². The molecule has 0 amide bonds. The number of hydrogen-bond donors (Lipinski definition) is 1. The van der Waals surface area contributed by atoms with Crippen LogP contribution in [-0.2, 0) is 0 Å². The van der Waals surface area contributed by atoms with E-state index in [4.69, 9.17) is 11.6 Å². The van der Waals surface area contributed by atoms with Crippen molar-refractivity contribution in [2.45, 2.75) is 13.8 Å². The Hall–Kier alpha value is -1.72. The molecule has 0 radical (unpaired) electrons. The molecule has 3 nitrogen and oxygen atoms in total. The molecule has 0 aliphatic rings. The van der Waals surface area contributed by atoms with Crippen LogP contribution >= 0.6 is 22.9 Å². The molecule has 1 N–H and O–H groups in total. The summed E-state index contributed by atoms with van der Waals surface area (Å²) in [5.41, 5.74) is 1.88. The Bertz CT molecular complexity index is 845. The molecule has 1 aromatic carbocycles. The number of rotatable bonds is 2. The zero-order valence-electron chi connectivity index (χ0n) is 11.8. The minimum absolute atomic E-state index is 0.0701. The summed E-state index contributed by atoms with van der Waals surface area (Å²) in [4.78, 5) is 11.3. The molecule has 0 saturated heterocycles. The summed E-state index contributed by atoms with van der Waals surface area (Å²) < 4.78 is 13.3. The van der Waals surface area contributed by atoms with Gasteiger partial charge in [-0.05, 0) is 37.6 Å². The molecule has 3 aromatic rings. The Morgan fingerprint density at radius 2 is 2.00 bits per heavy atom. The minimum Gasteiger partial charge on any atom is -0.372 e. The van der Waals surface area contributed by atoms with Crippen molar-refractivity contribution < 1.29 is 4.39 Å². The van der Waals surface area contributed by atoms with Crippen LogP contribution in [0.2, 0.25) is 5.02 Å². The molecule has 0 aliphatic carbocycles. The fraction of sp³-hybridized carbons (Fsp3) is 0.200. The smallest absolute Gasteiger partial charge is 0.163 e. The normalized spacial score (nSPS) is 11.1. The van der Waals surface area contributed by atoms with Crippen molar-refractivity contribution in [1.29, 1.82) is 0 Å². The summed E-state index contributed by atoms with van der Waals surface area (Å²) in [7, 11) is 1.83. The Balaban J connectivity index is 2.26. The number of aromatic nitrogens is 2. The molecule has 0 bridgehead atoms. The fourth-order valence-corrected chi connectivity index (χ4v) is 3.40. The Morgan fingerprint density at radius 1 is 1.24 bits per heavy atom. The van der Waals surface area contributed by atoms with Gasteiger partial charge >= 0.3 is 0 Å². The zero-order chi connectivity index (χ0) is 15.1. The lowest BCUT2D eigenvalue weighted by atomic mass is 10.2. The summed E-state index contributed by atoms with van der Waals surface area (Å²) in [6.45, 7) is 4.13. The average molecular weight is 322 g/mol. The Labute approximate surface area is 130 Å². The molecule has 0 spiro atoms. The number of hydrogen-bond acceptors (Lipinski definition) is 4. The third-order valence-electron chi connectivity index (χ3n) is 3.44. The molecule has 2 heterocycles. The summed E-state index contributed by atoms with van der Waals surface area (Å²) in [6.07, 6.45) is 0. The number of thiophene rings is 1. The molecule has 21 heavy (non-hydrogen) atoms. The highest BCUT2D eigenvalue weighted by molar-refractivity contribution is 7.18. The van der Waals surface area contributed by atoms with Crippen LogP contribution in [0.15, 0.2) is 18.2 Å². The molecule has 0 saturated carbocycles. The summed E-state index contributed by atoms with van der Waals surface area (Å²) in [6, 6.07) is 4.51. The van der Waals surface area contributed by atoms with Gasteiger partial charge in [-0.3, -0.25) is 0 Å². The molecule has 3 rings (SSSR count). The third-order valence-corrected chi connectivity index (χ3v) is 4.83. The van der Waals surface area contributed by atoms with Gasteiger partial charge in [0.25, 0.3) is 0 Å². The van der Waals surface area contributed by atoms with E-state index in [-0.39, 0.29) is 5.02 Å². The van der Waals surface area contributed by atoms with Gasteiger partial charge in [0, 0.05) is 17.5 Å². The quantitative estimate of drug-likeness (QED) is 0.736. The molecular formula is C15H13ClFN3S. The van der Waals surface area contributed by atoms with E-state index >= 15 is 0 Å². The Kier molecular flexibility index (Phi) is 3.55. The maximum absolute atomic E-state index is 13.3. The maximum Gasteiger partial charge on any atom is 0.163 e. The van der Waals surface area contributed by atoms with E-state index in [1.807, 2.05) is 7.05 Å². The van der Waals surface area contributed by atoms with Crippen LogP contribution in [0.25, 0.3) is 21.6 Å². The first-order valence-corrected chi connectivity index (χ1v) is 7.61. The van der Waals surface area contributed by atoms with Crippen LogP contribution in [-0.4, -0.2) is 17.0 Å². The van der Waals surface area contributed by atoms with Crippen molar-refractivity contribution >= 4 is 39.0 Å². The van der Waals surface area contributed by atoms with E-state index in [2.05, 4.69) is 29.1 Å². The van der Waals surface area contributed by atoms with Gasteiger partial charge in [-0.25, -0.2) is 14.4 Å². The second-order valence-electron chi connectivity index (χ2n) is 4.74. The highest BCUT2D eigenvalue weighted by atomic mass is 35.5. The third kappa shape index (κ3) is 2.36. The van der Waals surface area contributed by atoms with E-state index in [1.165, 1.54) is 16.5 Å². The van der Waals surface area contributed by atoms with Gasteiger partial charge < -0.3 is 5.32 Å². The molecular weight excluding hydrogens is 309 g/mol. The molecule has 0 atom stereocenters. The first kappa shape index (κ1) is 14.2. The fourth-order valence-electron chi connectivity index (χ4n) is 2.19. The van der Waals surface area contributed by atoms with Crippen molar-refractivity contribution in [3.8, 4) is 11.4 Å². The summed E-state index contributed by atoms with van der Waals surface area (Å²) >= 11 is 7.47. The summed E-state index contributed by atoms with van der Waals surface area (Å²) in [5.74, 6) is 0.866. The van der Waals surface area contributed by atoms with Crippen molar-refractivity contribution in [1.82, 2.24) is 9.97 Å². The molecule has 0 fully saturated rings. The van der Waals surface area contributed by atoms with Gasteiger partial charge in [0.15, 0.2) is 5.82 Å². The number of fused-ring (bicyclic) bond motifs is 1. The molecule has 0 aliphatic heterocycles. The van der Waals surface area contributed by atoms with Crippen molar-refractivity contribution in [2.75, 3.05) is 12.4 Å². The second-order valence-corrected chi connectivity index (χ2v) is 6.35. The SMILES string of the molecule is CNc1nc(-c2ccc(F)c(Cl)c2)nc2sc(C)c(C)c12. The standard InChI is InChI=1S/C15H13ClFN3S/c1-7-8(2)21-15-12(7)14(18-3)19-13(20-15)9-4-5-11(17)10(16)6-9/h4-6H,1-3H3,(H,18,19,20). The van der Waals surface area contributed by atoms with E-state index in [0.29, 0.717) is 11.4 Å². The number of nitrogens with one attached hydrogen (secondary N) is 1. The second kappa shape index (κ2) is 5.24. The number of halogens is 2. The van der Waals surface area contributed by atoms with E-state index in [9.17, 15) is 4.39 Å². The van der Waals surface area contributed by atoms with Gasteiger partial charge in [-0.1, -0.05) is 11.6 Å². The lowest BCUT2D eigenvalue weighted by molar-refractivity contribution is 0.628. The average Bonchev–Trinajstić information content (AvgIpc) is 2.76. The highest BCUT2D eigenvalue weighted by Crippen LogP contribution is 2.35. The van der Waals surface area contributed by atoms with Gasteiger partial charge in [0.05, 0.1) is 10.4 Å². The number of aryl methyl sites for hydroxylation is 2. The van der Waals surface area contributed by atoms with Gasteiger partial charge in [-0.15, -0.1) is 11.3 Å². The van der Waals surface area contributed by atoms with Gasteiger partial charge in [0.1, 0.15) is 16.5 Å². The minimum atomic E-state index is -0.446. The Morgan fingerprint density at radius 3 is 2.67 bits per heavy atom. The predicted molar refractivity (Wildman–Crippen MR) is 86.8 cm³/mol. The lowest BCUT2D eigenvalue weighted by Gasteiger charge is -2.07. The van der Waals surface area contributed by atoms with Crippen LogP contribution in [0.1, 0.15) is 10.4 Å². The predicted octanol–water partition coefficient (Wildman–Crippen LogP) is 4.81. The highest BCUT2D eigenvalue weighted by Gasteiger charge is 2.15. The first-order valence-electron chi connectivity index (χ1n) is 6.42. The molecule has 0 unspecified atom stereocenters. The van der Waals surface area contributed by atoms with Crippen molar-refractivity contribution in [3.63, 3.8) is 0 Å². The molecule has 6 heteroatoms. The van der Waals surface area contributed by atoms with E-state index < -0.39 is 5.82 Å². The number of benzene rings is 1. The topological polar surface area (TPSA) is 37.8 Å². The van der Waals surface area contributed by atoms with Crippen LogP contribution in [0.3, 0.4) is 0 Å². The largest absolute Gasteiger partial charge is 0.372 e. The van der Waals surface area contributed by atoms with E-state index in [1.54, 1.807) is 23.5 Å². The maximum atomic E-state index is 13.3. The number of anilines is 1. The van der Waals surface area contributed by atoms with Crippen LogP contribution in [0.5, 0.6) is 0 Å². The first-order chi connectivity index (χ1) is 10.0. The van der Waals surface area contributed by atoms with Crippen LogP contribution < -0.4 is 5.32 Å². The number of nitrogens with zero attached hydrogens (tertiary/aromatic N) is 2. The molecule has 2 aromatic heterocycles. The lowest BCUT2D eigenvalue weighted by Crippen LogP contribution is -1.98. The van der Waals surface area contributed by atoms with Gasteiger partial charge in [-0.2, -0.15) is 0 Å². The van der Waals surface area contributed by atoms with Crippen LogP contribution in [0, 0.1) is 19.7 Å². The molecule has 108 valence electrons. The van der Waals surface area contributed by atoms with E-state index in [0.717, 1.165) is 16.0 Å². The summed E-state index contributed by atoms with van der Waals surface area (Å²) in [5, 5.41) is 4.22. The van der Waals surface area contributed by atoms with Crippen molar-refractivity contribution in [2.24, 2.45) is 0 Å². The van der Waals surface area contributed by atoms with Gasteiger partial charge in [0.2, 0.25) is 0 Å². The van der Waals surface area contributed by atoms with Crippen molar-refractivity contribution in [3.05, 3.63) is 39.5 Å². The zero-order valence-corrected chi connectivity index (χ0v) is 13.4.